The summed E-state index contributed by atoms with van der Waals surface area (Å²) in [5.74, 6) is 1.51. The molecule has 7 heteroatoms. The summed E-state index contributed by atoms with van der Waals surface area (Å²) in [5, 5.41) is 1.99. The molecule has 2 aromatic heterocycles. The minimum absolute atomic E-state index is 0.277. The van der Waals surface area contributed by atoms with Crippen LogP contribution in [0, 0.1) is 0 Å². The van der Waals surface area contributed by atoms with Crippen LogP contribution in [0.4, 0.5) is 0 Å². The number of benzene rings is 7. The van der Waals surface area contributed by atoms with E-state index in [0.717, 1.165) is 49.8 Å². The fourth-order valence-corrected chi connectivity index (χ4v) is 9.72. The van der Waals surface area contributed by atoms with Crippen LogP contribution in [-0.2, 0) is 15.3 Å². The number of hydrogen-bond acceptors (Lipinski definition) is 6. The summed E-state index contributed by atoms with van der Waals surface area (Å²) in [4.78, 5) is 16.0. The first kappa shape index (κ1) is 31.1. The molecule has 1 aliphatic rings. The van der Waals surface area contributed by atoms with Crippen LogP contribution in [0.5, 0.6) is 0 Å². The Morgan fingerprint density at radius 2 is 0.962 bits per heavy atom. The summed E-state index contributed by atoms with van der Waals surface area (Å²) >= 11 is 0. The Labute approximate surface area is 306 Å². The van der Waals surface area contributed by atoms with Crippen molar-refractivity contribution in [1.82, 2.24) is 15.0 Å². The van der Waals surface area contributed by atoms with Crippen LogP contribution in [0.1, 0.15) is 22.3 Å². The largest absolute Gasteiger partial charge is 0.456 e. The van der Waals surface area contributed by atoms with Gasteiger partial charge >= 0.3 is 0 Å². The first-order valence-corrected chi connectivity index (χ1v) is 18.8. The number of aromatic nitrogens is 3. The van der Waals surface area contributed by atoms with Crippen molar-refractivity contribution in [2.24, 2.45) is 0 Å². The molecule has 0 atom stereocenters. The van der Waals surface area contributed by atoms with E-state index in [-0.39, 0.29) is 9.79 Å². The van der Waals surface area contributed by atoms with Crippen molar-refractivity contribution >= 4 is 31.8 Å². The fourth-order valence-electron chi connectivity index (χ4n) is 7.94. The van der Waals surface area contributed by atoms with E-state index in [1.807, 2.05) is 121 Å². The average Bonchev–Trinajstić information content (AvgIpc) is 3.60. The van der Waals surface area contributed by atoms with Crippen LogP contribution in [-0.4, -0.2) is 23.4 Å². The third-order valence-electron chi connectivity index (χ3n) is 10.2. The Morgan fingerprint density at radius 1 is 0.434 bits per heavy atom. The summed E-state index contributed by atoms with van der Waals surface area (Å²) in [5.41, 5.74) is 6.12. The van der Waals surface area contributed by atoms with Gasteiger partial charge in [0.2, 0.25) is 9.84 Å². The second-order valence-corrected chi connectivity index (χ2v) is 15.0. The van der Waals surface area contributed by atoms with Crippen LogP contribution < -0.4 is 0 Å². The third kappa shape index (κ3) is 4.71. The number of fused-ring (bicyclic) bond motifs is 5. The van der Waals surface area contributed by atoms with Gasteiger partial charge in [-0.05, 0) is 58.7 Å². The highest BCUT2D eigenvalue weighted by Gasteiger charge is 2.49. The standard InChI is InChI=1S/C46H29N3O3S/c50-53(51)41-25-13-10-22-37(41)46(32-17-5-2-6-18-32,38-23-11-14-26-42(38)53)36-21-9-7-20-34(36)45-48-43(30-15-3-1-4-16-30)47-44(49-45)31-27-28-40-35(29-31)33-19-8-12-24-39(33)52-40/h1-29H. The SMILES string of the molecule is O=S1(=O)c2ccccc2C(c2ccccc2)(c2ccccc2-c2nc(-c3ccccc3)nc(-c3ccc4oc5ccccc5c4c3)n2)c2ccccc21. The Balaban J connectivity index is 1.29. The molecule has 0 radical (unpaired) electrons. The van der Waals surface area contributed by atoms with Gasteiger partial charge in [-0.3, -0.25) is 0 Å². The molecule has 3 heterocycles. The lowest BCUT2D eigenvalue weighted by molar-refractivity contribution is 0.579. The number of nitrogens with zero attached hydrogens (tertiary/aromatic N) is 3. The molecule has 0 spiro atoms. The van der Waals surface area contributed by atoms with Crippen molar-refractivity contribution in [2.75, 3.05) is 0 Å². The lowest BCUT2D eigenvalue weighted by Gasteiger charge is -2.42. The predicted octanol–water partition coefficient (Wildman–Crippen LogP) is 10.3. The topological polar surface area (TPSA) is 86.0 Å². The van der Waals surface area contributed by atoms with Crippen LogP contribution in [0.15, 0.2) is 190 Å². The van der Waals surface area contributed by atoms with Crippen molar-refractivity contribution < 1.29 is 12.8 Å². The van der Waals surface area contributed by atoms with Gasteiger partial charge in [0, 0.05) is 27.5 Å². The summed E-state index contributed by atoms with van der Waals surface area (Å²) in [6, 6.07) is 56.8. The molecule has 252 valence electrons. The summed E-state index contributed by atoms with van der Waals surface area (Å²) in [7, 11) is -3.83. The van der Waals surface area contributed by atoms with Gasteiger partial charge in [0.25, 0.3) is 0 Å². The van der Waals surface area contributed by atoms with Crippen LogP contribution in [0.25, 0.3) is 56.1 Å². The molecular weight excluding hydrogens is 675 g/mol. The quantitative estimate of drug-likeness (QED) is 0.177. The second-order valence-electron chi connectivity index (χ2n) is 13.1. The highest BCUT2D eigenvalue weighted by atomic mass is 32.2. The molecule has 53 heavy (non-hydrogen) atoms. The van der Waals surface area contributed by atoms with Crippen molar-refractivity contribution in [2.45, 2.75) is 15.2 Å². The summed E-state index contributed by atoms with van der Waals surface area (Å²) < 4.78 is 34.8. The molecule has 0 amide bonds. The molecule has 0 unspecified atom stereocenters. The molecular formula is C46H29N3O3S. The third-order valence-corrected chi connectivity index (χ3v) is 12.1. The molecule has 0 saturated heterocycles. The Kier molecular flexibility index (Phi) is 7.00. The zero-order valence-electron chi connectivity index (χ0n) is 28.2. The van der Waals surface area contributed by atoms with Crippen molar-refractivity contribution in [3.05, 3.63) is 198 Å². The van der Waals surface area contributed by atoms with E-state index in [1.165, 1.54) is 0 Å². The van der Waals surface area contributed by atoms with Gasteiger partial charge in [0.1, 0.15) is 11.2 Å². The van der Waals surface area contributed by atoms with E-state index < -0.39 is 15.3 Å². The van der Waals surface area contributed by atoms with Crippen LogP contribution in [0.3, 0.4) is 0 Å². The number of para-hydroxylation sites is 1. The van der Waals surface area contributed by atoms with E-state index >= 15 is 0 Å². The number of sulfone groups is 1. The molecule has 0 N–H and O–H groups in total. The summed E-state index contributed by atoms with van der Waals surface area (Å²) in [6.07, 6.45) is 0. The Bertz CT molecular complexity index is 2920. The van der Waals surface area contributed by atoms with Crippen molar-refractivity contribution in [3.63, 3.8) is 0 Å². The Hall–Kier alpha value is -6.70. The molecule has 0 aliphatic carbocycles. The van der Waals surface area contributed by atoms with E-state index in [0.29, 0.717) is 28.6 Å². The van der Waals surface area contributed by atoms with Gasteiger partial charge in [-0.2, -0.15) is 0 Å². The van der Waals surface area contributed by atoms with Gasteiger partial charge in [-0.15, -0.1) is 0 Å². The lowest BCUT2D eigenvalue weighted by atomic mass is 9.63. The second kappa shape index (κ2) is 11.9. The zero-order chi connectivity index (χ0) is 35.6. The van der Waals surface area contributed by atoms with Crippen LogP contribution >= 0.6 is 0 Å². The maximum Gasteiger partial charge on any atom is 0.207 e. The zero-order valence-corrected chi connectivity index (χ0v) is 29.0. The van der Waals surface area contributed by atoms with Gasteiger partial charge in [0.15, 0.2) is 17.5 Å². The van der Waals surface area contributed by atoms with Crippen molar-refractivity contribution in [1.29, 1.82) is 0 Å². The van der Waals surface area contributed by atoms with Crippen molar-refractivity contribution in [3.8, 4) is 34.2 Å². The normalized spacial score (nSPS) is 14.1. The number of furan rings is 1. The first-order chi connectivity index (χ1) is 26.0. The van der Waals surface area contributed by atoms with E-state index in [1.54, 1.807) is 24.3 Å². The number of rotatable bonds is 5. The Morgan fingerprint density at radius 3 is 1.68 bits per heavy atom. The average molecular weight is 704 g/mol. The molecule has 7 aromatic carbocycles. The first-order valence-electron chi connectivity index (χ1n) is 17.4. The van der Waals surface area contributed by atoms with Gasteiger partial charge < -0.3 is 4.42 Å². The van der Waals surface area contributed by atoms with Gasteiger partial charge in [-0.25, -0.2) is 23.4 Å². The van der Waals surface area contributed by atoms with E-state index in [9.17, 15) is 8.42 Å². The summed E-state index contributed by atoms with van der Waals surface area (Å²) in [6.45, 7) is 0. The molecule has 9 aromatic rings. The lowest BCUT2D eigenvalue weighted by Crippen LogP contribution is -2.38. The molecule has 10 rings (SSSR count). The van der Waals surface area contributed by atoms with E-state index in [2.05, 4.69) is 30.3 Å². The molecule has 0 saturated carbocycles. The minimum atomic E-state index is -3.83. The number of hydrogen-bond donors (Lipinski definition) is 0. The van der Waals surface area contributed by atoms with E-state index in [4.69, 9.17) is 19.4 Å². The fraction of sp³-hybridized carbons (Fsp3) is 0.0217. The monoisotopic (exact) mass is 703 g/mol. The molecule has 0 bridgehead atoms. The maximum absolute atomic E-state index is 14.3. The minimum Gasteiger partial charge on any atom is -0.456 e. The molecule has 0 fully saturated rings. The highest BCUT2D eigenvalue weighted by Crippen LogP contribution is 2.55. The van der Waals surface area contributed by atoms with Gasteiger partial charge in [-0.1, -0.05) is 140 Å². The van der Waals surface area contributed by atoms with Gasteiger partial charge in [0.05, 0.1) is 15.2 Å². The predicted molar refractivity (Wildman–Crippen MR) is 207 cm³/mol. The smallest absolute Gasteiger partial charge is 0.207 e. The van der Waals surface area contributed by atoms with Crippen LogP contribution in [0.2, 0.25) is 0 Å². The molecule has 1 aliphatic heterocycles. The highest BCUT2D eigenvalue weighted by molar-refractivity contribution is 7.91. The maximum atomic E-state index is 14.3. The molecule has 6 nitrogen and oxygen atoms in total.